The second kappa shape index (κ2) is 11.1. The predicted molar refractivity (Wildman–Crippen MR) is 157 cm³/mol. The Hall–Kier alpha value is -3.44. The average molecular weight is 629 g/mol. The van der Waals surface area contributed by atoms with Gasteiger partial charge >= 0.3 is 5.91 Å². The minimum absolute atomic E-state index is 0.0217. The number of carbonyl (C=O) groups excluding carboxylic acids is 2. The number of fused-ring (bicyclic) bond motifs is 1. The van der Waals surface area contributed by atoms with Crippen molar-refractivity contribution >= 4 is 68.9 Å². The Bertz CT molecular complexity index is 1740. The van der Waals surface area contributed by atoms with Gasteiger partial charge in [-0.25, -0.2) is 4.39 Å². The first kappa shape index (κ1) is 27.7. The van der Waals surface area contributed by atoms with Gasteiger partial charge in [-0.15, -0.1) is 10.2 Å². The molecule has 1 saturated heterocycles. The van der Waals surface area contributed by atoms with Crippen LogP contribution >= 0.6 is 46.3 Å². The summed E-state index contributed by atoms with van der Waals surface area (Å²) >= 11 is 14.7. The van der Waals surface area contributed by atoms with Crippen LogP contribution in [0.3, 0.4) is 0 Å². The summed E-state index contributed by atoms with van der Waals surface area (Å²) in [5, 5.41) is 20.9. The number of nitrogens with zero attached hydrogens (tertiary/aromatic N) is 3. The first-order valence-electron chi connectivity index (χ1n) is 12.5. The van der Waals surface area contributed by atoms with E-state index in [2.05, 4.69) is 10.2 Å². The molecule has 1 aromatic heterocycles. The number of ketones is 1. The molecule has 2 aliphatic heterocycles. The molecule has 1 amide bonds. The van der Waals surface area contributed by atoms with E-state index in [1.807, 2.05) is 13.0 Å². The molecule has 0 unspecified atom stereocenters. The third-order valence-electron chi connectivity index (χ3n) is 6.78. The summed E-state index contributed by atoms with van der Waals surface area (Å²) in [5.74, 6) is -1.77. The van der Waals surface area contributed by atoms with E-state index in [1.165, 1.54) is 30.0 Å². The highest BCUT2D eigenvalue weighted by Gasteiger charge is 2.49. The highest BCUT2D eigenvalue weighted by Crippen LogP contribution is 2.45. The number of aromatic nitrogens is 2. The van der Waals surface area contributed by atoms with Gasteiger partial charge in [0.15, 0.2) is 4.34 Å². The summed E-state index contributed by atoms with van der Waals surface area (Å²) in [6.45, 7) is 1.93. The van der Waals surface area contributed by atoms with Crippen LogP contribution in [0.4, 0.5) is 9.52 Å². The molecule has 4 aromatic rings. The van der Waals surface area contributed by atoms with Crippen molar-refractivity contribution in [2.75, 3.05) is 4.90 Å². The summed E-state index contributed by atoms with van der Waals surface area (Å²) in [5.41, 5.74) is 1.84. The van der Waals surface area contributed by atoms with Crippen molar-refractivity contribution in [3.05, 3.63) is 104 Å². The van der Waals surface area contributed by atoms with E-state index in [1.54, 1.807) is 36.4 Å². The Labute approximate surface area is 252 Å². The number of carbonyl (C=O) groups is 2. The summed E-state index contributed by atoms with van der Waals surface area (Å²) in [4.78, 5) is 28.0. The molecule has 3 aromatic carbocycles. The Morgan fingerprint density at radius 3 is 2.73 bits per heavy atom. The maximum Gasteiger partial charge on any atom is 0.301 e. The largest absolute Gasteiger partial charge is 0.507 e. The fraction of sp³-hybridized carbons (Fsp3) is 0.172. The molecule has 7 nitrogen and oxygen atoms in total. The number of thioether (sulfide) groups is 1. The second-order valence-corrected chi connectivity index (χ2v) is 12.5. The number of ether oxygens (including phenoxy) is 1. The van der Waals surface area contributed by atoms with Crippen LogP contribution in [-0.2, 0) is 21.8 Å². The van der Waals surface area contributed by atoms with E-state index in [4.69, 9.17) is 27.9 Å². The molecule has 1 N–H and O–H groups in total. The molecule has 2 aliphatic rings. The van der Waals surface area contributed by atoms with Gasteiger partial charge in [0.2, 0.25) is 5.13 Å². The van der Waals surface area contributed by atoms with Crippen molar-refractivity contribution in [1.29, 1.82) is 0 Å². The van der Waals surface area contributed by atoms with Crippen LogP contribution < -0.4 is 9.64 Å². The molecule has 208 valence electrons. The van der Waals surface area contributed by atoms with Gasteiger partial charge in [-0.2, -0.15) is 0 Å². The molecule has 6 rings (SSSR count). The zero-order chi connectivity index (χ0) is 28.8. The Kier molecular flexibility index (Phi) is 7.50. The molecule has 0 saturated carbocycles. The van der Waals surface area contributed by atoms with Crippen molar-refractivity contribution in [2.45, 2.75) is 35.6 Å². The third kappa shape index (κ3) is 5.21. The van der Waals surface area contributed by atoms with Crippen molar-refractivity contribution in [3.63, 3.8) is 0 Å². The van der Waals surface area contributed by atoms with E-state index in [0.29, 0.717) is 37.9 Å². The van der Waals surface area contributed by atoms with Gasteiger partial charge in [-0.3, -0.25) is 14.5 Å². The number of hydrogen-bond acceptors (Lipinski definition) is 8. The fourth-order valence-corrected chi connectivity index (χ4v) is 7.31. The quantitative estimate of drug-likeness (QED) is 0.0792. The summed E-state index contributed by atoms with van der Waals surface area (Å²) in [7, 11) is 0. The van der Waals surface area contributed by atoms with Crippen LogP contribution in [-0.4, -0.2) is 33.1 Å². The molecule has 0 aliphatic carbocycles. The maximum absolute atomic E-state index is 15.2. The SMILES string of the molecule is C[C@@H]1Cc2cc(/C(O)=C3\C(=O)C(=O)N(c4nnc(SCc5ccc(Cl)cc5Cl)s4)[C@H]3c3ccccc3F)ccc2O1. The first-order valence-corrected chi connectivity index (χ1v) is 15.0. The topological polar surface area (TPSA) is 92.6 Å². The van der Waals surface area contributed by atoms with Crippen LogP contribution in [0.2, 0.25) is 10.0 Å². The molecule has 41 heavy (non-hydrogen) atoms. The van der Waals surface area contributed by atoms with Crippen molar-refractivity contribution in [1.82, 2.24) is 10.2 Å². The van der Waals surface area contributed by atoms with E-state index in [0.717, 1.165) is 27.4 Å². The lowest BCUT2D eigenvalue weighted by atomic mass is 9.94. The van der Waals surface area contributed by atoms with Crippen molar-refractivity contribution in [2.24, 2.45) is 0 Å². The summed E-state index contributed by atoms with van der Waals surface area (Å²) in [6.07, 6.45) is 0.611. The summed E-state index contributed by atoms with van der Waals surface area (Å²) in [6, 6.07) is 14.8. The highest BCUT2D eigenvalue weighted by atomic mass is 35.5. The first-order chi connectivity index (χ1) is 19.7. The van der Waals surface area contributed by atoms with Crippen LogP contribution in [0.5, 0.6) is 5.75 Å². The fourth-order valence-electron chi connectivity index (χ4n) is 4.88. The number of aliphatic hydroxyl groups is 1. The molecule has 0 bridgehead atoms. The summed E-state index contributed by atoms with van der Waals surface area (Å²) < 4.78 is 21.4. The molecule has 3 heterocycles. The molecule has 0 spiro atoms. The van der Waals surface area contributed by atoms with Gasteiger partial charge in [0.25, 0.3) is 5.78 Å². The van der Waals surface area contributed by atoms with Gasteiger partial charge in [-0.1, -0.05) is 70.6 Å². The number of amides is 1. The number of halogens is 3. The van der Waals surface area contributed by atoms with Crippen LogP contribution in [0.15, 0.2) is 70.6 Å². The zero-order valence-corrected chi connectivity index (χ0v) is 24.5. The molecule has 12 heteroatoms. The van der Waals surface area contributed by atoms with E-state index < -0.39 is 29.3 Å². The van der Waals surface area contributed by atoms with Crippen LogP contribution in [0, 0.1) is 5.82 Å². The van der Waals surface area contributed by atoms with Gasteiger partial charge in [0.05, 0.1) is 5.57 Å². The lowest BCUT2D eigenvalue weighted by Crippen LogP contribution is -2.29. The van der Waals surface area contributed by atoms with Crippen molar-refractivity contribution < 1.29 is 23.8 Å². The highest BCUT2D eigenvalue weighted by molar-refractivity contribution is 8.00. The Morgan fingerprint density at radius 1 is 1.15 bits per heavy atom. The molecule has 0 radical (unpaired) electrons. The normalized spacial score (nSPS) is 19.5. The van der Waals surface area contributed by atoms with E-state index in [-0.39, 0.29) is 22.4 Å². The van der Waals surface area contributed by atoms with Crippen LogP contribution in [0.1, 0.15) is 35.2 Å². The minimum Gasteiger partial charge on any atom is -0.507 e. The standard InChI is InChI=1S/C29H20Cl2FN3O4S2/c1-14-10-17-11-15(7-9-22(17)39-14)25(36)23-24(19-4-2-3-5-21(19)32)35(27(38)26(23)37)28-33-34-29(41-28)40-13-16-6-8-18(30)12-20(16)31/h2-9,11-12,14,24,36H,10,13H2,1H3/b25-23+/t14-,24+/m1/s1. The minimum atomic E-state index is -1.25. The molecule has 2 atom stereocenters. The monoisotopic (exact) mass is 627 g/mol. The third-order valence-corrected chi connectivity index (χ3v) is 9.47. The van der Waals surface area contributed by atoms with E-state index in [9.17, 15) is 14.7 Å². The lowest BCUT2D eigenvalue weighted by molar-refractivity contribution is -0.132. The number of aliphatic hydroxyl groups excluding tert-OH is 1. The maximum atomic E-state index is 15.2. The van der Waals surface area contributed by atoms with Gasteiger partial charge < -0.3 is 9.84 Å². The second-order valence-electron chi connectivity index (χ2n) is 9.52. The number of rotatable bonds is 6. The lowest BCUT2D eigenvalue weighted by Gasteiger charge is -2.22. The van der Waals surface area contributed by atoms with Gasteiger partial charge in [-0.05, 0) is 54.4 Å². The average Bonchev–Trinajstić information content (AvgIpc) is 3.63. The number of Topliss-reactive ketones (excluding diaryl/α,β-unsaturated/α-hetero) is 1. The van der Waals surface area contributed by atoms with Crippen molar-refractivity contribution in [3.8, 4) is 5.75 Å². The molecular formula is C29H20Cl2FN3O4S2. The molecule has 1 fully saturated rings. The Morgan fingerprint density at radius 2 is 1.95 bits per heavy atom. The van der Waals surface area contributed by atoms with E-state index >= 15 is 4.39 Å². The molecular weight excluding hydrogens is 608 g/mol. The number of hydrogen-bond donors (Lipinski definition) is 1. The van der Waals surface area contributed by atoms with Crippen LogP contribution in [0.25, 0.3) is 5.76 Å². The predicted octanol–water partition coefficient (Wildman–Crippen LogP) is 7.23. The van der Waals surface area contributed by atoms with Gasteiger partial charge in [0, 0.05) is 33.3 Å². The number of anilines is 1. The van der Waals surface area contributed by atoms with Gasteiger partial charge in [0.1, 0.15) is 29.5 Å². The smallest absolute Gasteiger partial charge is 0.301 e. The zero-order valence-electron chi connectivity index (χ0n) is 21.3. The Balaban J connectivity index is 1.39. The number of benzene rings is 3.